The van der Waals surface area contributed by atoms with Crippen LogP contribution in [0.25, 0.3) is 0 Å². The van der Waals surface area contributed by atoms with E-state index in [9.17, 15) is 9.90 Å². The maximum absolute atomic E-state index is 12.2. The summed E-state index contributed by atoms with van der Waals surface area (Å²) in [7, 11) is 3.47. The number of Topliss-reactive ketones (excluding diaryl/α,β-unsaturated/α-hetero) is 1. The fourth-order valence-electron chi connectivity index (χ4n) is 2.88. The van der Waals surface area contributed by atoms with Crippen LogP contribution in [0.15, 0.2) is 24.3 Å². The predicted octanol–water partition coefficient (Wildman–Crippen LogP) is 2.11. The molecule has 20 heavy (non-hydrogen) atoms. The highest BCUT2D eigenvalue weighted by molar-refractivity contribution is 5.97. The van der Waals surface area contributed by atoms with Crippen molar-refractivity contribution in [1.29, 1.82) is 0 Å². The zero-order chi connectivity index (χ0) is 14.6. The third-order valence-electron chi connectivity index (χ3n) is 3.90. The Bertz CT molecular complexity index is 467. The van der Waals surface area contributed by atoms with Crippen LogP contribution >= 0.6 is 0 Å². The molecule has 1 fully saturated rings. The maximum Gasteiger partial charge on any atom is 0.176 e. The molecule has 0 amide bonds. The summed E-state index contributed by atoms with van der Waals surface area (Å²) in [4.78, 5) is 14.1. The largest absolute Gasteiger partial charge is 0.497 e. The summed E-state index contributed by atoms with van der Waals surface area (Å²) in [5.74, 6) is 0.737. The molecule has 0 aromatic heterocycles. The second kappa shape index (κ2) is 6.37. The second-order valence-electron chi connectivity index (χ2n) is 5.76. The van der Waals surface area contributed by atoms with E-state index in [0.717, 1.165) is 25.7 Å². The predicted molar refractivity (Wildman–Crippen MR) is 78.2 cm³/mol. The summed E-state index contributed by atoms with van der Waals surface area (Å²) in [6.45, 7) is 0.873. The first-order valence-electron chi connectivity index (χ1n) is 7.11. The van der Waals surface area contributed by atoms with Crippen molar-refractivity contribution < 1.29 is 14.6 Å². The van der Waals surface area contributed by atoms with Gasteiger partial charge < -0.3 is 9.84 Å². The highest BCUT2D eigenvalue weighted by atomic mass is 16.5. The van der Waals surface area contributed by atoms with E-state index >= 15 is 0 Å². The molecule has 0 heterocycles. The van der Waals surface area contributed by atoms with Gasteiger partial charge in [-0.25, -0.2) is 0 Å². The van der Waals surface area contributed by atoms with E-state index in [1.807, 2.05) is 24.1 Å². The Morgan fingerprint density at radius 1 is 1.40 bits per heavy atom. The van der Waals surface area contributed by atoms with E-state index in [0.29, 0.717) is 24.4 Å². The fraction of sp³-hybridized carbons (Fsp3) is 0.562. The normalized spacial score (nSPS) is 17.4. The Morgan fingerprint density at radius 3 is 2.75 bits per heavy atom. The number of carbonyl (C=O) groups excluding carboxylic acids is 1. The number of benzene rings is 1. The van der Waals surface area contributed by atoms with Crippen molar-refractivity contribution in [1.82, 2.24) is 4.90 Å². The number of hydrogen-bond acceptors (Lipinski definition) is 4. The average Bonchev–Trinajstić information content (AvgIpc) is 2.84. The molecular formula is C16H23NO3. The van der Waals surface area contributed by atoms with Crippen LogP contribution in [0.5, 0.6) is 5.75 Å². The number of rotatable bonds is 6. The molecule has 1 aliphatic carbocycles. The number of methoxy groups -OCH3 is 1. The minimum atomic E-state index is -0.608. The molecule has 1 aromatic rings. The first kappa shape index (κ1) is 15.0. The highest BCUT2D eigenvalue weighted by Gasteiger charge is 2.32. The summed E-state index contributed by atoms with van der Waals surface area (Å²) >= 11 is 0. The molecule has 0 atom stereocenters. The van der Waals surface area contributed by atoms with E-state index in [1.54, 1.807) is 19.2 Å². The molecule has 1 N–H and O–H groups in total. The van der Waals surface area contributed by atoms with Crippen LogP contribution in [0.4, 0.5) is 0 Å². The molecule has 1 aliphatic rings. The lowest BCUT2D eigenvalue weighted by atomic mass is 10.0. The Labute approximate surface area is 120 Å². The Morgan fingerprint density at radius 2 is 2.10 bits per heavy atom. The van der Waals surface area contributed by atoms with Crippen LogP contribution in [0, 0.1) is 0 Å². The van der Waals surface area contributed by atoms with Crippen molar-refractivity contribution in [3.05, 3.63) is 29.8 Å². The van der Waals surface area contributed by atoms with Gasteiger partial charge in [-0.2, -0.15) is 0 Å². The van der Waals surface area contributed by atoms with Crippen molar-refractivity contribution in [2.45, 2.75) is 31.3 Å². The lowest BCUT2D eigenvalue weighted by Crippen LogP contribution is -2.41. The molecule has 0 radical (unpaired) electrons. The van der Waals surface area contributed by atoms with Gasteiger partial charge in [0.15, 0.2) is 5.78 Å². The van der Waals surface area contributed by atoms with E-state index in [-0.39, 0.29) is 5.78 Å². The summed E-state index contributed by atoms with van der Waals surface area (Å²) in [5, 5.41) is 10.4. The van der Waals surface area contributed by atoms with Gasteiger partial charge in [-0.1, -0.05) is 25.0 Å². The lowest BCUT2D eigenvalue weighted by molar-refractivity contribution is 0.0172. The van der Waals surface area contributed by atoms with Gasteiger partial charge in [0, 0.05) is 12.1 Å². The van der Waals surface area contributed by atoms with Gasteiger partial charge in [0.1, 0.15) is 5.75 Å². The topological polar surface area (TPSA) is 49.8 Å². The maximum atomic E-state index is 12.2. The van der Waals surface area contributed by atoms with Gasteiger partial charge in [0.25, 0.3) is 0 Å². The van der Waals surface area contributed by atoms with Crippen LogP contribution in [0.3, 0.4) is 0 Å². The highest BCUT2D eigenvalue weighted by Crippen LogP contribution is 2.29. The summed E-state index contributed by atoms with van der Waals surface area (Å²) in [6, 6.07) is 7.18. The standard InChI is InChI=1S/C16H23NO3/c1-17(12-16(19)8-3-4-9-16)11-15(18)13-6-5-7-14(10-13)20-2/h5-7,10,19H,3-4,8-9,11-12H2,1-2H3. The monoisotopic (exact) mass is 277 g/mol. The first-order chi connectivity index (χ1) is 9.52. The number of likely N-dealkylation sites (N-methyl/N-ethyl adjacent to an activating group) is 1. The summed E-state index contributed by atoms with van der Waals surface area (Å²) < 4.78 is 5.13. The molecule has 110 valence electrons. The number of ether oxygens (including phenoxy) is 1. The molecule has 0 bridgehead atoms. The van der Waals surface area contributed by atoms with Gasteiger partial charge in [-0.15, -0.1) is 0 Å². The van der Waals surface area contributed by atoms with Crippen LogP contribution in [0.1, 0.15) is 36.0 Å². The summed E-state index contributed by atoms with van der Waals surface area (Å²) in [6.07, 6.45) is 3.83. The van der Waals surface area contributed by atoms with Crippen LogP contribution in [-0.4, -0.2) is 48.6 Å². The SMILES string of the molecule is COc1cccc(C(=O)CN(C)CC2(O)CCCC2)c1. The first-order valence-corrected chi connectivity index (χ1v) is 7.11. The molecule has 1 aromatic carbocycles. The summed E-state index contributed by atoms with van der Waals surface area (Å²) in [5.41, 5.74) is 0.0401. The number of carbonyl (C=O) groups is 1. The molecule has 2 rings (SSSR count). The Hall–Kier alpha value is -1.39. The molecular weight excluding hydrogens is 254 g/mol. The molecule has 0 aliphatic heterocycles. The van der Waals surface area contributed by atoms with E-state index in [2.05, 4.69) is 0 Å². The third-order valence-corrected chi connectivity index (χ3v) is 3.90. The van der Waals surface area contributed by atoms with Crippen LogP contribution in [-0.2, 0) is 0 Å². The molecule has 4 heteroatoms. The molecule has 0 saturated heterocycles. The Kier molecular flexibility index (Phi) is 4.78. The number of hydrogen-bond donors (Lipinski definition) is 1. The number of aliphatic hydroxyl groups is 1. The minimum absolute atomic E-state index is 0.0491. The van der Waals surface area contributed by atoms with Crippen LogP contribution < -0.4 is 4.74 Å². The van der Waals surface area contributed by atoms with Crippen molar-refractivity contribution >= 4 is 5.78 Å². The molecule has 4 nitrogen and oxygen atoms in total. The fourth-order valence-corrected chi connectivity index (χ4v) is 2.88. The van der Waals surface area contributed by atoms with Crippen LogP contribution in [0.2, 0.25) is 0 Å². The van der Waals surface area contributed by atoms with Gasteiger partial charge in [-0.05, 0) is 32.0 Å². The molecule has 0 unspecified atom stereocenters. The molecule has 0 spiro atoms. The minimum Gasteiger partial charge on any atom is -0.497 e. The molecule has 1 saturated carbocycles. The van der Waals surface area contributed by atoms with Crippen molar-refractivity contribution in [3.63, 3.8) is 0 Å². The quantitative estimate of drug-likeness (QED) is 0.809. The smallest absolute Gasteiger partial charge is 0.176 e. The zero-order valence-corrected chi connectivity index (χ0v) is 12.3. The Balaban J connectivity index is 1.93. The van der Waals surface area contributed by atoms with E-state index in [1.165, 1.54) is 0 Å². The second-order valence-corrected chi connectivity index (χ2v) is 5.76. The van der Waals surface area contributed by atoms with E-state index < -0.39 is 5.60 Å². The van der Waals surface area contributed by atoms with Gasteiger partial charge in [-0.3, -0.25) is 9.69 Å². The lowest BCUT2D eigenvalue weighted by Gasteiger charge is -2.28. The van der Waals surface area contributed by atoms with Crippen molar-refractivity contribution in [2.75, 3.05) is 27.2 Å². The number of nitrogens with zero attached hydrogens (tertiary/aromatic N) is 1. The van der Waals surface area contributed by atoms with Gasteiger partial charge in [0.05, 0.1) is 19.3 Å². The van der Waals surface area contributed by atoms with Crippen molar-refractivity contribution in [2.24, 2.45) is 0 Å². The third kappa shape index (κ3) is 3.81. The van der Waals surface area contributed by atoms with Gasteiger partial charge >= 0.3 is 0 Å². The zero-order valence-electron chi connectivity index (χ0n) is 12.3. The van der Waals surface area contributed by atoms with E-state index in [4.69, 9.17) is 4.74 Å². The van der Waals surface area contributed by atoms with Crippen molar-refractivity contribution in [3.8, 4) is 5.75 Å². The number of ketones is 1. The average molecular weight is 277 g/mol. The van der Waals surface area contributed by atoms with Gasteiger partial charge in [0.2, 0.25) is 0 Å².